The average molecular weight is 265 g/mol. The van der Waals surface area contributed by atoms with Crippen LogP contribution in [0.2, 0.25) is 0 Å². The van der Waals surface area contributed by atoms with Gasteiger partial charge in [0.05, 0.1) is 6.61 Å². The Balaban J connectivity index is 2.11. The average Bonchev–Trinajstić information content (AvgIpc) is 2.85. The molecule has 1 aliphatic heterocycles. The molecule has 0 bridgehead atoms. The first kappa shape index (κ1) is 14.0. The van der Waals surface area contributed by atoms with Gasteiger partial charge in [0.25, 0.3) is 0 Å². The van der Waals surface area contributed by atoms with Crippen LogP contribution >= 0.6 is 0 Å². The van der Waals surface area contributed by atoms with Gasteiger partial charge < -0.3 is 20.7 Å². The molecule has 0 spiro atoms. The third-order valence-corrected chi connectivity index (χ3v) is 3.27. The molecule has 6 heteroatoms. The standard InChI is InChI=1S/C13H23N5O/c1-3-11-8-12(18-6-4-10(14)9-18)17-13(16-11)15-5-7-19-2/h8,10H,3-7,9,14H2,1-2H3,(H,15,16,17). The van der Waals surface area contributed by atoms with Gasteiger partial charge in [-0.3, -0.25) is 0 Å². The van der Waals surface area contributed by atoms with Gasteiger partial charge in [-0.25, -0.2) is 4.98 Å². The van der Waals surface area contributed by atoms with Crippen LogP contribution in [0.5, 0.6) is 0 Å². The minimum Gasteiger partial charge on any atom is -0.383 e. The van der Waals surface area contributed by atoms with Gasteiger partial charge in [-0.05, 0) is 12.8 Å². The van der Waals surface area contributed by atoms with Gasteiger partial charge >= 0.3 is 0 Å². The summed E-state index contributed by atoms with van der Waals surface area (Å²) < 4.78 is 5.02. The van der Waals surface area contributed by atoms with Gasteiger partial charge in [0.15, 0.2) is 0 Å². The number of hydrogen-bond acceptors (Lipinski definition) is 6. The van der Waals surface area contributed by atoms with E-state index < -0.39 is 0 Å². The van der Waals surface area contributed by atoms with Gasteiger partial charge in [0.2, 0.25) is 5.95 Å². The van der Waals surface area contributed by atoms with Crippen molar-refractivity contribution in [2.24, 2.45) is 5.73 Å². The molecule has 0 amide bonds. The quantitative estimate of drug-likeness (QED) is 0.735. The molecule has 2 heterocycles. The van der Waals surface area contributed by atoms with Crippen LogP contribution in [-0.2, 0) is 11.2 Å². The van der Waals surface area contributed by atoms with Gasteiger partial charge in [-0.15, -0.1) is 0 Å². The molecular formula is C13H23N5O. The predicted octanol–water partition coefficient (Wildman–Crippen LogP) is 0.635. The fourth-order valence-electron chi connectivity index (χ4n) is 2.17. The molecular weight excluding hydrogens is 242 g/mol. The smallest absolute Gasteiger partial charge is 0.224 e. The minimum atomic E-state index is 0.255. The summed E-state index contributed by atoms with van der Waals surface area (Å²) in [4.78, 5) is 11.3. The molecule has 1 aromatic rings. The molecule has 0 aromatic carbocycles. The molecule has 106 valence electrons. The Morgan fingerprint density at radius 1 is 1.53 bits per heavy atom. The van der Waals surface area contributed by atoms with Crippen LogP contribution in [0.4, 0.5) is 11.8 Å². The van der Waals surface area contributed by atoms with Crippen LogP contribution in [-0.4, -0.2) is 49.4 Å². The van der Waals surface area contributed by atoms with Gasteiger partial charge in [0, 0.05) is 44.5 Å². The first-order valence-electron chi connectivity index (χ1n) is 6.84. The van der Waals surface area contributed by atoms with E-state index >= 15 is 0 Å². The molecule has 0 aliphatic carbocycles. The number of aromatic nitrogens is 2. The van der Waals surface area contributed by atoms with E-state index in [1.54, 1.807) is 7.11 Å². The summed E-state index contributed by atoms with van der Waals surface area (Å²) in [5.74, 6) is 1.64. The highest BCUT2D eigenvalue weighted by molar-refractivity contribution is 5.46. The number of nitrogens with two attached hydrogens (primary N) is 1. The Morgan fingerprint density at radius 3 is 3.00 bits per heavy atom. The third-order valence-electron chi connectivity index (χ3n) is 3.27. The Hall–Kier alpha value is -1.40. The van der Waals surface area contributed by atoms with Crippen LogP contribution in [0.1, 0.15) is 19.0 Å². The van der Waals surface area contributed by atoms with Crippen molar-refractivity contribution in [2.45, 2.75) is 25.8 Å². The molecule has 0 radical (unpaired) electrons. The Morgan fingerprint density at radius 2 is 2.37 bits per heavy atom. The number of rotatable bonds is 6. The summed E-state index contributed by atoms with van der Waals surface area (Å²) in [7, 11) is 1.68. The lowest BCUT2D eigenvalue weighted by Gasteiger charge is -2.18. The minimum absolute atomic E-state index is 0.255. The lowest BCUT2D eigenvalue weighted by atomic mass is 10.3. The lowest BCUT2D eigenvalue weighted by Crippen LogP contribution is -2.27. The van der Waals surface area contributed by atoms with Crippen molar-refractivity contribution in [1.29, 1.82) is 0 Å². The highest BCUT2D eigenvalue weighted by Gasteiger charge is 2.21. The first-order valence-corrected chi connectivity index (χ1v) is 6.84. The maximum atomic E-state index is 5.95. The Bertz CT molecular complexity index is 412. The van der Waals surface area contributed by atoms with E-state index in [-0.39, 0.29) is 6.04 Å². The second-order valence-corrected chi connectivity index (χ2v) is 4.81. The number of methoxy groups -OCH3 is 1. The van der Waals surface area contributed by atoms with Gasteiger partial charge in [-0.1, -0.05) is 6.92 Å². The van der Waals surface area contributed by atoms with Crippen LogP contribution in [0.15, 0.2) is 6.07 Å². The molecule has 1 aromatic heterocycles. The number of aryl methyl sites for hydroxylation is 1. The highest BCUT2D eigenvalue weighted by atomic mass is 16.5. The first-order chi connectivity index (χ1) is 9.22. The van der Waals surface area contributed by atoms with E-state index in [1.807, 2.05) is 0 Å². The number of hydrogen-bond donors (Lipinski definition) is 2. The van der Waals surface area contributed by atoms with E-state index in [1.165, 1.54) is 0 Å². The zero-order valence-corrected chi connectivity index (χ0v) is 11.7. The van der Waals surface area contributed by atoms with E-state index in [4.69, 9.17) is 10.5 Å². The molecule has 1 aliphatic rings. The van der Waals surface area contributed by atoms with Crippen LogP contribution in [0, 0.1) is 0 Å². The number of nitrogens with one attached hydrogen (secondary N) is 1. The Labute approximate surface area is 114 Å². The summed E-state index contributed by atoms with van der Waals surface area (Å²) >= 11 is 0. The monoisotopic (exact) mass is 265 g/mol. The maximum absolute atomic E-state index is 5.95. The van der Waals surface area contributed by atoms with Crippen molar-refractivity contribution in [2.75, 3.05) is 43.6 Å². The van der Waals surface area contributed by atoms with Gasteiger partial charge in [-0.2, -0.15) is 4.98 Å². The van der Waals surface area contributed by atoms with E-state index in [0.29, 0.717) is 19.1 Å². The number of nitrogens with zero attached hydrogens (tertiary/aromatic N) is 3. The number of anilines is 2. The summed E-state index contributed by atoms with van der Waals surface area (Å²) in [5, 5.41) is 3.19. The summed E-state index contributed by atoms with van der Waals surface area (Å²) in [6.07, 6.45) is 1.92. The normalized spacial score (nSPS) is 18.9. The predicted molar refractivity (Wildman–Crippen MR) is 76.6 cm³/mol. The van der Waals surface area contributed by atoms with Crippen molar-refractivity contribution in [1.82, 2.24) is 9.97 Å². The topological polar surface area (TPSA) is 76.3 Å². The molecule has 19 heavy (non-hydrogen) atoms. The zero-order chi connectivity index (χ0) is 13.7. The van der Waals surface area contributed by atoms with Crippen LogP contribution in [0.25, 0.3) is 0 Å². The second kappa shape index (κ2) is 6.68. The van der Waals surface area contributed by atoms with Crippen LogP contribution < -0.4 is 16.0 Å². The highest BCUT2D eigenvalue weighted by Crippen LogP contribution is 2.20. The lowest BCUT2D eigenvalue weighted by molar-refractivity contribution is 0.210. The summed E-state index contributed by atoms with van der Waals surface area (Å²) in [6, 6.07) is 2.31. The van der Waals surface area contributed by atoms with E-state index in [2.05, 4.69) is 33.2 Å². The molecule has 6 nitrogen and oxygen atoms in total. The molecule has 1 atom stereocenters. The molecule has 3 N–H and O–H groups in total. The van der Waals surface area contributed by atoms with Gasteiger partial charge in [0.1, 0.15) is 5.82 Å². The van der Waals surface area contributed by atoms with E-state index in [9.17, 15) is 0 Å². The number of ether oxygens (including phenoxy) is 1. The van der Waals surface area contributed by atoms with Crippen LogP contribution in [0.3, 0.4) is 0 Å². The fourth-order valence-corrected chi connectivity index (χ4v) is 2.17. The largest absolute Gasteiger partial charge is 0.383 e. The molecule has 1 saturated heterocycles. The second-order valence-electron chi connectivity index (χ2n) is 4.81. The van der Waals surface area contributed by atoms with Crippen molar-refractivity contribution < 1.29 is 4.74 Å². The van der Waals surface area contributed by atoms with Crippen molar-refractivity contribution >= 4 is 11.8 Å². The van der Waals surface area contributed by atoms with Crippen molar-refractivity contribution in [3.8, 4) is 0 Å². The summed E-state index contributed by atoms with van der Waals surface area (Å²) in [5.41, 5.74) is 7.00. The van der Waals surface area contributed by atoms with E-state index in [0.717, 1.165) is 37.4 Å². The Kier molecular flexibility index (Phi) is 4.93. The summed E-state index contributed by atoms with van der Waals surface area (Å²) in [6.45, 7) is 5.30. The third kappa shape index (κ3) is 3.78. The SMILES string of the molecule is CCc1cc(N2CCC(N)C2)nc(NCCOC)n1. The maximum Gasteiger partial charge on any atom is 0.224 e. The fraction of sp³-hybridized carbons (Fsp3) is 0.692. The molecule has 1 unspecified atom stereocenters. The molecule has 2 rings (SSSR count). The van der Waals surface area contributed by atoms with Crippen molar-refractivity contribution in [3.63, 3.8) is 0 Å². The molecule has 1 fully saturated rings. The van der Waals surface area contributed by atoms with Crippen molar-refractivity contribution in [3.05, 3.63) is 11.8 Å². The zero-order valence-electron chi connectivity index (χ0n) is 11.7. The molecule has 0 saturated carbocycles.